The Hall–Kier alpha value is -14.6. The number of hydrogen-bond acceptors (Lipinski definition) is 44. The molecule has 800 valence electrons. The molecule has 0 amide bonds. The molecule has 16 bridgehead atoms. The Morgan fingerprint density at radius 3 is 0.443 bits per heavy atom. The van der Waals surface area contributed by atoms with E-state index in [1.54, 1.807) is 48.6 Å². The zero-order chi connectivity index (χ0) is 109. The predicted molar refractivity (Wildman–Crippen MR) is 459 cm³/mol. The van der Waals surface area contributed by atoms with Gasteiger partial charge < -0.3 is 180 Å². The number of carboxylic acids is 12. The molecule has 0 aromatic heterocycles. The van der Waals surface area contributed by atoms with Gasteiger partial charge in [0.1, 0.15) is 50.8 Å². The summed E-state index contributed by atoms with van der Waals surface area (Å²) < 4.78 is 37.9. The van der Waals surface area contributed by atoms with Gasteiger partial charge in [-0.2, -0.15) is 0 Å². The number of cyclic esters (lactones) is 4. The van der Waals surface area contributed by atoms with Crippen molar-refractivity contribution in [3.63, 3.8) is 0 Å². The monoisotopic (exact) mass is 2170 g/mol. The predicted octanol–water partition coefficient (Wildman–Crippen LogP) is -4.30. The van der Waals surface area contributed by atoms with Gasteiger partial charge in [0, 0.05) is 47.5 Å². The standard InChI is InChI=1S/4C15H16O9.4C9H10O4.Zr/c4*16-7(12-10(17)11(18)15(22)24-12)4-23-14(21)9-6-2-1-5(3-6)8(9)13(19)20;4*10-8(11)6-4-1-2-5(3-4)7(6)9(12)13;/h4*1-2,5-9,12,16-18H,3-4H2,(H,19,20);4*1-2,4-7H,3H2,(H,10,11)(H,12,13);/q;;;;;;;;+4/p-4/t4*5?,6?,7-,8?,9?,12+;;;;;/m0000...../s1. The summed E-state index contributed by atoms with van der Waals surface area (Å²) in [4.78, 5) is 224. The zero-order valence-electron chi connectivity index (χ0n) is 77.3. The number of esters is 8. The van der Waals surface area contributed by atoms with Gasteiger partial charge in [-0.1, -0.05) is 97.2 Å². The number of allylic oxidation sites excluding steroid dienone is 16. The Kier molecular flexibility index (Phi) is 35.0. The van der Waals surface area contributed by atoms with Crippen LogP contribution in [0.15, 0.2) is 143 Å². The van der Waals surface area contributed by atoms with Crippen LogP contribution in [-0.4, -0.2) is 297 Å². The molecular weight excluding hydrogens is 2080 g/mol. The zero-order valence-corrected chi connectivity index (χ0v) is 79.8. The number of aliphatic hydroxyl groups excluding tert-OH is 12. The summed E-state index contributed by atoms with van der Waals surface area (Å²) >= 11 is 0. The van der Waals surface area contributed by atoms with Crippen molar-refractivity contribution in [2.24, 2.45) is 189 Å². The Labute approximate surface area is 857 Å². The first-order valence-corrected chi connectivity index (χ1v) is 46.5. The number of aliphatic hydroxyl groups is 12. The van der Waals surface area contributed by atoms with E-state index in [-0.39, 0.29) is 121 Å². The summed E-state index contributed by atoms with van der Waals surface area (Å²) in [5.74, 6) is -44.6. The maximum absolute atomic E-state index is 12.2. The molecular formula is C96H100O52Zr. The average Bonchev–Trinajstić information content (AvgIpc) is 1.61. The number of rotatable bonds is 28. The largest absolute Gasteiger partial charge is 4.00 e. The van der Waals surface area contributed by atoms with Crippen molar-refractivity contribution in [3.8, 4) is 0 Å². The molecule has 53 heteroatoms. The first-order valence-electron chi connectivity index (χ1n) is 46.5. The van der Waals surface area contributed by atoms with Crippen LogP contribution in [0.4, 0.5) is 0 Å². The van der Waals surface area contributed by atoms with Crippen molar-refractivity contribution >= 4 is 119 Å². The molecule has 40 atom stereocenters. The van der Waals surface area contributed by atoms with Crippen LogP contribution in [0.2, 0.25) is 0 Å². The second kappa shape index (κ2) is 46.0. The molecule has 0 radical (unpaired) electrons. The van der Waals surface area contributed by atoms with Gasteiger partial charge >= 0.3 is 122 Å². The fourth-order valence-corrected chi connectivity index (χ4v) is 24.2. The molecule has 16 aliphatic carbocycles. The quantitative estimate of drug-likeness (QED) is 0.0200. The molecule has 149 heavy (non-hydrogen) atoms. The Morgan fingerprint density at radius 1 is 0.228 bits per heavy atom. The summed E-state index contributed by atoms with van der Waals surface area (Å²) in [5.41, 5.74) is 0. The first-order chi connectivity index (χ1) is 69.7. The third kappa shape index (κ3) is 22.9. The number of carbonyl (C=O) groups is 20. The van der Waals surface area contributed by atoms with E-state index in [1.165, 1.54) is 0 Å². The van der Waals surface area contributed by atoms with E-state index in [0.29, 0.717) is 51.4 Å². The van der Waals surface area contributed by atoms with E-state index in [1.807, 2.05) is 48.6 Å². The fraction of sp³-hybridized carbons (Fsp3) is 0.542. The molecule has 20 rings (SSSR count). The maximum Gasteiger partial charge on any atom is 4.00 e. The van der Waals surface area contributed by atoms with Crippen LogP contribution in [0.25, 0.3) is 0 Å². The SMILES string of the molecule is O=C(O)C1C2C=CC(C2)C1C(=O)O.O=C(O)C1C2C=CC(C2)C1C(=O)O.O=C(O)C1C2C=CC(C2)C1C(=O)O.O=C(O)C1C2C=CC(C2)C1C(=O)O.O=C1O[C@H]([C@@H](O)COC(=O)C2C3C=CC(C3)C2C(=O)[O-])C(O)=C1O.O=C1O[C@H]([C@@H](O)COC(=O)C2C3C=CC(C3)C2C(=O)[O-])C(O)=C1O.O=C1O[C@H]([C@@H](O)COC(=O)C2C3C=CC(C3)C2C(=O)[O-])C(O)=C1O.O=C1O[C@H]([C@@H](O)COC(=O)C2C3C=CC(C3)C2C(=O)[O-])C(O)=C1O.[Zr+4]. The van der Waals surface area contributed by atoms with Crippen LogP contribution >= 0.6 is 0 Å². The Morgan fingerprint density at radius 2 is 0.342 bits per heavy atom. The Balaban J connectivity index is 0.000000153. The number of carbonyl (C=O) groups excluding carboxylic acids is 12. The van der Waals surface area contributed by atoms with E-state index in [0.717, 1.165) is 0 Å². The molecule has 0 spiro atoms. The third-order valence-electron chi connectivity index (χ3n) is 30.9. The van der Waals surface area contributed by atoms with Crippen LogP contribution in [0.1, 0.15) is 51.4 Å². The molecule has 20 aliphatic rings. The normalized spacial score (nSPS) is 37.0. The van der Waals surface area contributed by atoms with Crippen molar-refractivity contribution in [3.05, 3.63) is 143 Å². The van der Waals surface area contributed by atoms with Gasteiger partial charge in [-0.3, -0.25) is 57.5 Å². The maximum atomic E-state index is 12.2. The van der Waals surface area contributed by atoms with Crippen LogP contribution in [0.5, 0.6) is 0 Å². The summed E-state index contributed by atoms with van der Waals surface area (Å²) in [7, 11) is 0. The van der Waals surface area contributed by atoms with E-state index in [4.69, 9.17) is 80.2 Å². The van der Waals surface area contributed by atoms with Crippen molar-refractivity contribution in [1.82, 2.24) is 0 Å². The second-order valence-electron chi connectivity index (χ2n) is 39.0. The summed E-state index contributed by atoms with van der Waals surface area (Å²) in [5, 5.41) is 230. The van der Waals surface area contributed by atoms with Gasteiger partial charge in [-0.15, -0.1) is 0 Å². The van der Waals surface area contributed by atoms with Crippen molar-refractivity contribution in [2.75, 3.05) is 26.4 Å². The molecule has 52 nitrogen and oxygen atoms in total. The molecule has 4 aliphatic heterocycles. The fourth-order valence-electron chi connectivity index (χ4n) is 24.2. The van der Waals surface area contributed by atoms with E-state index < -0.39 is 335 Å². The minimum Gasteiger partial charge on any atom is -0.550 e. The third-order valence-corrected chi connectivity index (χ3v) is 30.9. The number of hydrogen-bond donors (Lipinski definition) is 20. The minimum absolute atomic E-state index is 0. The smallest absolute Gasteiger partial charge is 0.550 e. The molecule has 20 N–H and O–H groups in total. The number of fused-ring (bicyclic) bond motifs is 16. The van der Waals surface area contributed by atoms with Gasteiger partial charge in [-0.25, -0.2) is 19.2 Å². The summed E-state index contributed by atoms with van der Waals surface area (Å²) in [6.07, 6.45) is 21.0. The van der Waals surface area contributed by atoms with E-state index in [9.17, 15) is 157 Å². The molecule has 32 unspecified atom stereocenters. The molecule has 4 heterocycles. The van der Waals surface area contributed by atoms with Crippen molar-refractivity contribution in [2.45, 2.75) is 100 Å². The van der Waals surface area contributed by atoms with Crippen LogP contribution in [0.3, 0.4) is 0 Å². The van der Waals surface area contributed by atoms with Crippen molar-refractivity contribution < 1.29 is 283 Å². The Bertz CT molecular complexity index is 5000. The molecule has 0 aromatic rings. The van der Waals surface area contributed by atoms with Crippen LogP contribution in [-0.2, 0) is 160 Å². The molecule has 0 saturated heterocycles. The number of aliphatic carboxylic acids is 12. The average molecular weight is 2180 g/mol. The van der Waals surface area contributed by atoms with Crippen LogP contribution < -0.4 is 20.4 Å². The van der Waals surface area contributed by atoms with Gasteiger partial charge in [0.2, 0.25) is 23.0 Å². The second-order valence-corrected chi connectivity index (χ2v) is 39.0. The first kappa shape index (κ1) is 113. The van der Waals surface area contributed by atoms with Crippen molar-refractivity contribution in [1.29, 1.82) is 0 Å². The number of ether oxygens (including phenoxy) is 8. The molecule has 0 aromatic carbocycles. The summed E-state index contributed by atoms with van der Waals surface area (Å²) in [6.45, 7) is -2.53. The number of carboxylic acid groups (broad SMARTS) is 12. The topological polar surface area (TPSA) is 912 Å². The minimum atomic E-state index is -1.60. The van der Waals surface area contributed by atoms with Gasteiger partial charge in [-0.05, 0) is 146 Å². The van der Waals surface area contributed by atoms with Gasteiger partial charge in [0.25, 0.3) is 0 Å². The summed E-state index contributed by atoms with van der Waals surface area (Å²) in [6, 6.07) is 0. The van der Waals surface area contributed by atoms with E-state index >= 15 is 0 Å². The van der Waals surface area contributed by atoms with Crippen LogP contribution in [0, 0.1) is 189 Å². The molecule has 8 saturated carbocycles. The van der Waals surface area contributed by atoms with Gasteiger partial charge in [0.15, 0.2) is 47.5 Å². The van der Waals surface area contributed by atoms with E-state index in [2.05, 4.69) is 18.9 Å². The van der Waals surface area contributed by atoms with Gasteiger partial charge in [0.05, 0.1) is 71.0 Å². The molecule has 8 fully saturated rings.